The lowest BCUT2D eigenvalue weighted by molar-refractivity contribution is -0.130. The lowest BCUT2D eigenvalue weighted by Crippen LogP contribution is -2.38. The fourth-order valence-corrected chi connectivity index (χ4v) is 2.63. The van der Waals surface area contributed by atoms with E-state index in [4.69, 9.17) is 18.0 Å². The van der Waals surface area contributed by atoms with E-state index in [9.17, 15) is 4.79 Å². The largest absolute Gasteiger partial charge is 0.392 e. The summed E-state index contributed by atoms with van der Waals surface area (Å²) in [6.45, 7) is 3.01. The van der Waals surface area contributed by atoms with Crippen molar-refractivity contribution in [1.82, 2.24) is 4.90 Å². The summed E-state index contributed by atoms with van der Waals surface area (Å²) in [4.78, 5) is 14.5. The predicted molar refractivity (Wildman–Crippen MR) is 80.9 cm³/mol. The Labute approximate surface area is 119 Å². The number of nitrogens with zero attached hydrogens (tertiary/aromatic N) is 1. The minimum atomic E-state index is -0.504. The van der Waals surface area contributed by atoms with Crippen molar-refractivity contribution in [3.63, 3.8) is 0 Å². The highest BCUT2D eigenvalue weighted by atomic mass is 32.1. The highest BCUT2D eigenvalue weighted by Crippen LogP contribution is 2.38. The van der Waals surface area contributed by atoms with Crippen LogP contribution in [0.5, 0.6) is 0 Å². The monoisotopic (exact) mass is 276 g/mol. The molecule has 1 saturated carbocycles. The number of rotatable bonds is 5. The van der Waals surface area contributed by atoms with Gasteiger partial charge in [0.15, 0.2) is 0 Å². The molecule has 3 unspecified atom stereocenters. The van der Waals surface area contributed by atoms with Gasteiger partial charge in [-0.15, -0.1) is 0 Å². The minimum absolute atomic E-state index is 0.00204. The fraction of sp³-hybridized carbons (Fsp3) is 0.467. The highest BCUT2D eigenvalue weighted by Gasteiger charge is 2.36. The smallest absolute Gasteiger partial charge is 0.236 e. The van der Waals surface area contributed by atoms with Crippen molar-refractivity contribution in [2.24, 2.45) is 17.6 Å². The van der Waals surface area contributed by atoms with E-state index < -0.39 is 5.92 Å². The molecule has 2 rings (SSSR count). The number of amides is 1. The van der Waals surface area contributed by atoms with Gasteiger partial charge in [-0.3, -0.25) is 4.79 Å². The number of thiocarbonyl (C=S) groups is 1. The number of hydrogen-bond donors (Lipinski definition) is 1. The molecule has 0 heterocycles. The molecule has 1 aromatic carbocycles. The summed E-state index contributed by atoms with van der Waals surface area (Å²) < 4.78 is 0. The molecular weight excluding hydrogens is 256 g/mol. The van der Waals surface area contributed by atoms with Crippen LogP contribution in [0, 0.1) is 11.8 Å². The van der Waals surface area contributed by atoms with Crippen molar-refractivity contribution in [2.75, 3.05) is 13.6 Å². The number of carbonyl (C=O) groups is 1. The van der Waals surface area contributed by atoms with E-state index in [-0.39, 0.29) is 10.9 Å². The summed E-state index contributed by atoms with van der Waals surface area (Å²) in [6, 6.07) is 9.51. The molecular formula is C15H20N2OS. The van der Waals surface area contributed by atoms with Crippen molar-refractivity contribution >= 4 is 23.1 Å². The Kier molecular flexibility index (Phi) is 4.20. The van der Waals surface area contributed by atoms with E-state index >= 15 is 0 Å². The maximum Gasteiger partial charge on any atom is 0.236 e. The van der Waals surface area contributed by atoms with Crippen molar-refractivity contribution < 1.29 is 4.79 Å². The maximum absolute atomic E-state index is 12.5. The summed E-state index contributed by atoms with van der Waals surface area (Å²) in [5.41, 5.74) is 6.64. The van der Waals surface area contributed by atoms with Gasteiger partial charge in [-0.05, 0) is 23.8 Å². The van der Waals surface area contributed by atoms with E-state index in [1.165, 1.54) is 6.42 Å². The van der Waals surface area contributed by atoms with Gasteiger partial charge >= 0.3 is 0 Å². The highest BCUT2D eigenvalue weighted by molar-refractivity contribution is 7.80. The molecule has 0 bridgehead atoms. The van der Waals surface area contributed by atoms with Crippen LogP contribution in [0.2, 0.25) is 0 Å². The van der Waals surface area contributed by atoms with Crippen LogP contribution in [-0.2, 0) is 4.79 Å². The van der Waals surface area contributed by atoms with E-state index in [1.807, 2.05) is 37.4 Å². The predicted octanol–water partition coefficient (Wildman–Crippen LogP) is 2.17. The maximum atomic E-state index is 12.5. The summed E-state index contributed by atoms with van der Waals surface area (Å²) >= 11 is 5.08. The van der Waals surface area contributed by atoms with Crippen molar-refractivity contribution in [3.05, 3.63) is 35.9 Å². The van der Waals surface area contributed by atoms with Crippen LogP contribution in [-0.4, -0.2) is 29.4 Å². The van der Waals surface area contributed by atoms with E-state index in [2.05, 4.69) is 6.92 Å². The molecule has 0 saturated heterocycles. The van der Waals surface area contributed by atoms with Crippen LogP contribution >= 0.6 is 12.2 Å². The summed E-state index contributed by atoms with van der Waals surface area (Å²) in [5, 5.41) is 0. The molecule has 0 spiro atoms. The third-order valence-corrected chi connectivity index (χ3v) is 4.06. The minimum Gasteiger partial charge on any atom is -0.392 e. The van der Waals surface area contributed by atoms with Gasteiger partial charge in [0.1, 0.15) is 5.92 Å². The van der Waals surface area contributed by atoms with E-state index in [0.717, 1.165) is 18.0 Å². The molecule has 1 aliphatic carbocycles. The Morgan fingerprint density at radius 2 is 2.05 bits per heavy atom. The number of carbonyl (C=O) groups excluding carboxylic acids is 1. The molecule has 1 amide bonds. The molecule has 1 aliphatic rings. The fourth-order valence-electron chi connectivity index (χ4n) is 2.39. The Bertz CT molecular complexity index is 474. The average Bonchev–Trinajstić information content (AvgIpc) is 3.05. The lowest BCUT2D eigenvalue weighted by atomic mass is 9.97. The van der Waals surface area contributed by atoms with Gasteiger partial charge in [-0.2, -0.15) is 0 Å². The van der Waals surface area contributed by atoms with Crippen LogP contribution in [0.4, 0.5) is 0 Å². The molecule has 4 heteroatoms. The summed E-state index contributed by atoms with van der Waals surface area (Å²) in [7, 11) is 1.83. The number of likely N-dealkylation sites (N-methyl/N-ethyl adjacent to an activating group) is 1. The normalized spacial score (nSPS) is 22.6. The second-order valence-corrected chi connectivity index (χ2v) is 5.91. The molecule has 3 nitrogen and oxygen atoms in total. The summed E-state index contributed by atoms with van der Waals surface area (Å²) in [6.07, 6.45) is 1.21. The zero-order chi connectivity index (χ0) is 14.0. The summed E-state index contributed by atoms with van der Waals surface area (Å²) in [5.74, 6) is 0.861. The van der Waals surface area contributed by atoms with Crippen LogP contribution in [0.25, 0.3) is 0 Å². The first-order chi connectivity index (χ1) is 9.00. The van der Waals surface area contributed by atoms with Gasteiger partial charge in [0, 0.05) is 13.6 Å². The second kappa shape index (κ2) is 5.70. The van der Waals surface area contributed by atoms with Crippen LogP contribution in [0.3, 0.4) is 0 Å². The van der Waals surface area contributed by atoms with Crippen molar-refractivity contribution in [3.8, 4) is 0 Å². The van der Waals surface area contributed by atoms with Gasteiger partial charge in [0.25, 0.3) is 0 Å². The quantitative estimate of drug-likeness (QED) is 0.838. The average molecular weight is 276 g/mol. The molecule has 102 valence electrons. The molecule has 0 aromatic heterocycles. The lowest BCUT2D eigenvalue weighted by Gasteiger charge is -2.23. The van der Waals surface area contributed by atoms with Gasteiger partial charge in [0.05, 0.1) is 4.99 Å². The molecule has 0 radical (unpaired) electrons. The van der Waals surface area contributed by atoms with Gasteiger partial charge in [-0.25, -0.2) is 0 Å². The number of hydrogen-bond acceptors (Lipinski definition) is 2. The number of benzene rings is 1. The van der Waals surface area contributed by atoms with Crippen LogP contribution < -0.4 is 5.73 Å². The van der Waals surface area contributed by atoms with Crippen LogP contribution in [0.1, 0.15) is 24.8 Å². The number of nitrogens with two attached hydrogens (primary N) is 1. The standard InChI is InChI=1S/C15H20N2OS/c1-10-8-12(10)9-17(2)15(18)13(14(16)19)11-6-4-3-5-7-11/h3-7,10,12-13H,8-9H2,1-2H3,(H2,16,19). The zero-order valence-electron chi connectivity index (χ0n) is 11.4. The molecule has 3 atom stereocenters. The zero-order valence-corrected chi connectivity index (χ0v) is 12.2. The third-order valence-electron chi connectivity index (χ3n) is 3.83. The van der Waals surface area contributed by atoms with Gasteiger partial charge in [-0.1, -0.05) is 49.5 Å². The molecule has 0 aliphatic heterocycles. The Balaban J connectivity index is 2.10. The van der Waals surface area contributed by atoms with Crippen molar-refractivity contribution in [2.45, 2.75) is 19.3 Å². The third kappa shape index (κ3) is 3.32. The second-order valence-electron chi connectivity index (χ2n) is 5.44. The molecule has 1 fully saturated rings. The van der Waals surface area contributed by atoms with Gasteiger partial charge in [0.2, 0.25) is 5.91 Å². The Morgan fingerprint density at radius 1 is 1.47 bits per heavy atom. The Hall–Kier alpha value is -1.42. The van der Waals surface area contributed by atoms with E-state index in [0.29, 0.717) is 5.92 Å². The molecule has 2 N–H and O–H groups in total. The topological polar surface area (TPSA) is 46.3 Å². The van der Waals surface area contributed by atoms with E-state index in [1.54, 1.807) is 4.90 Å². The first-order valence-corrected chi connectivity index (χ1v) is 7.00. The first-order valence-electron chi connectivity index (χ1n) is 6.60. The SMILES string of the molecule is CC1CC1CN(C)C(=O)C(C(N)=S)c1ccccc1. The Morgan fingerprint density at radius 3 is 2.53 bits per heavy atom. The molecule has 1 aromatic rings. The van der Waals surface area contributed by atoms with Crippen LogP contribution in [0.15, 0.2) is 30.3 Å². The van der Waals surface area contributed by atoms with Crippen molar-refractivity contribution in [1.29, 1.82) is 0 Å². The van der Waals surface area contributed by atoms with Gasteiger partial charge < -0.3 is 10.6 Å². The first kappa shape index (κ1) is 14.0. The molecule has 19 heavy (non-hydrogen) atoms.